The van der Waals surface area contributed by atoms with Crippen LogP contribution in [0.3, 0.4) is 0 Å². The van der Waals surface area contributed by atoms with Gasteiger partial charge in [0.15, 0.2) is 0 Å². The number of rotatable bonds is 4. The molecule has 0 bridgehead atoms. The van der Waals surface area contributed by atoms with Crippen LogP contribution >= 0.6 is 0 Å². The SMILES string of the molecule is CC(C)C(C)CNC1CCc2cc(F)ccc21. The van der Waals surface area contributed by atoms with E-state index in [1.807, 2.05) is 6.07 Å². The molecule has 1 aromatic carbocycles. The van der Waals surface area contributed by atoms with E-state index in [0.717, 1.165) is 19.4 Å². The Kier molecular flexibility index (Phi) is 3.82. The normalized spacial score (nSPS) is 20.6. The van der Waals surface area contributed by atoms with Crippen LogP contribution in [0, 0.1) is 17.7 Å². The smallest absolute Gasteiger partial charge is 0.123 e. The summed E-state index contributed by atoms with van der Waals surface area (Å²) in [5.41, 5.74) is 2.47. The van der Waals surface area contributed by atoms with Gasteiger partial charge in [0.1, 0.15) is 5.82 Å². The second kappa shape index (κ2) is 5.18. The number of aryl methyl sites for hydroxylation is 1. The van der Waals surface area contributed by atoms with Gasteiger partial charge in [-0.25, -0.2) is 4.39 Å². The highest BCUT2D eigenvalue weighted by atomic mass is 19.1. The van der Waals surface area contributed by atoms with Gasteiger partial charge >= 0.3 is 0 Å². The molecule has 0 spiro atoms. The fourth-order valence-electron chi connectivity index (χ4n) is 2.36. The van der Waals surface area contributed by atoms with Crippen LogP contribution in [0.15, 0.2) is 18.2 Å². The van der Waals surface area contributed by atoms with Gasteiger partial charge in [0.25, 0.3) is 0 Å². The minimum absolute atomic E-state index is 0.111. The van der Waals surface area contributed by atoms with E-state index in [9.17, 15) is 4.39 Å². The van der Waals surface area contributed by atoms with Crippen LogP contribution in [-0.4, -0.2) is 6.54 Å². The zero-order valence-corrected chi connectivity index (χ0v) is 11.0. The molecule has 0 heterocycles. The lowest BCUT2D eigenvalue weighted by Crippen LogP contribution is -2.27. The molecule has 1 nitrogen and oxygen atoms in total. The molecule has 0 saturated carbocycles. The number of nitrogens with one attached hydrogen (secondary N) is 1. The predicted octanol–water partition coefficient (Wildman–Crippen LogP) is 3.69. The van der Waals surface area contributed by atoms with Crippen molar-refractivity contribution in [3.63, 3.8) is 0 Å². The van der Waals surface area contributed by atoms with E-state index in [4.69, 9.17) is 0 Å². The largest absolute Gasteiger partial charge is 0.310 e. The first-order valence-corrected chi connectivity index (χ1v) is 6.59. The maximum atomic E-state index is 13.1. The van der Waals surface area contributed by atoms with Gasteiger partial charge in [-0.05, 0) is 54.5 Å². The van der Waals surface area contributed by atoms with E-state index >= 15 is 0 Å². The van der Waals surface area contributed by atoms with E-state index < -0.39 is 0 Å². The summed E-state index contributed by atoms with van der Waals surface area (Å²) in [6.07, 6.45) is 2.10. The second-order valence-corrected chi connectivity index (χ2v) is 5.56. The van der Waals surface area contributed by atoms with Gasteiger partial charge in [-0.3, -0.25) is 0 Å². The molecule has 17 heavy (non-hydrogen) atoms. The van der Waals surface area contributed by atoms with Gasteiger partial charge in [-0.1, -0.05) is 26.8 Å². The summed E-state index contributed by atoms with van der Waals surface area (Å²) in [6.45, 7) is 7.83. The molecule has 1 aliphatic carbocycles. The van der Waals surface area contributed by atoms with Crippen molar-refractivity contribution in [3.05, 3.63) is 35.1 Å². The highest BCUT2D eigenvalue weighted by molar-refractivity contribution is 5.34. The molecule has 1 N–H and O–H groups in total. The zero-order chi connectivity index (χ0) is 12.4. The highest BCUT2D eigenvalue weighted by Gasteiger charge is 2.22. The zero-order valence-electron chi connectivity index (χ0n) is 11.0. The van der Waals surface area contributed by atoms with Crippen LogP contribution in [0.4, 0.5) is 4.39 Å². The molecular weight excluding hydrogens is 213 g/mol. The standard InChI is InChI=1S/C15H22FN/c1-10(2)11(3)9-17-15-7-4-12-8-13(16)5-6-14(12)15/h5-6,8,10-11,15,17H,4,7,9H2,1-3H3. The maximum absolute atomic E-state index is 13.1. The Morgan fingerprint density at radius 2 is 2.12 bits per heavy atom. The first-order chi connectivity index (χ1) is 8.08. The van der Waals surface area contributed by atoms with Crippen molar-refractivity contribution in [1.82, 2.24) is 5.32 Å². The van der Waals surface area contributed by atoms with Crippen molar-refractivity contribution in [2.45, 2.75) is 39.7 Å². The lowest BCUT2D eigenvalue weighted by Gasteiger charge is -2.20. The number of fused-ring (bicyclic) bond motifs is 1. The predicted molar refractivity (Wildman–Crippen MR) is 69.5 cm³/mol. The van der Waals surface area contributed by atoms with Crippen LogP contribution in [0.25, 0.3) is 0 Å². The first kappa shape index (κ1) is 12.6. The number of benzene rings is 1. The van der Waals surface area contributed by atoms with Crippen molar-refractivity contribution in [3.8, 4) is 0 Å². The molecule has 0 aliphatic heterocycles. The topological polar surface area (TPSA) is 12.0 Å². The fourth-order valence-corrected chi connectivity index (χ4v) is 2.36. The highest BCUT2D eigenvalue weighted by Crippen LogP contribution is 2.31. The Morgan fingerprint density at radius 1 is 1.35 bits per heavy atom. The van der Waals surface area contributed by atoms with E-state index in [2.05, 4.69) is 26.1 Å². The average molecular weight is 235 g/mol. The van der Waals surface area contributed by atoms with Crippen LogP contribution in [-0.2, 0) is 6.42 Å². The van der Waals surface area contributed by atoms with Gasteiger partial charge in [-0.2, -0.15) is 0 Å². The monoisotopic (exact) mass is 235 g/mol. The van der Waals surface area contributed by atoms with Crippen LogP contribution in [0.5, 0.6) is 0 Å². The third-order valence-corrected chi connectivity index (χ3v) is 4.01. The second-order valence-electron chi connectivity index (χ2n) is 5.56. The van der Waals surface area contributed by atoms with Crippen molar-refractivity contribution in [2.75, 3.05) is 6.54 Å². The van der Waals surface area contributed by atoms with Gasteiger partial charge in [0.05, 0.1) is 0 Å². The lowest BCUT2D eigenvalue weighted by molar-refractivity contribution is 0.368. The quantitative estimate of drug-likeness (QED) is 0.839. The Labute approximate surface area is 103 Å². The van der Waals surface area contributed by atoms with Crippen LogP contribution in [0.2, 0.25) is 0 Å². The van der Waals surface area contributed by atoms with Gasteiger partial charge in [0, 0.05) is 6.04 Å². The van der Waals surface area contributed by atoms with Gasteiger partial charge in [0.2, 0.25) is 0 Å². The third-order valence-electron chi connectivity index (χ3n) is 4.01. The third kappa shape index (κ3) is 2.86. The molecule has 2 rings (SSSR count). The Balaban J connectivity index is 1.98. The van der Waals surface area contributed by atoms with Crippen LogP contribution < -0.4 is 5.32 Å². The Morgan fingerprint density at radius 3 is 2.82 bits per heavy atom. The summed E-state index contributed by atoms with van der Waals surface area (Å²) < 4.78 is 13.1. The number of halogens is 1. The lowest BCUT2D eigenvalue weighted by atomic mass is 9.97. The summed E-state index contributed by atoms with van der Waals surface area (Å²) in [5.74, 6) is 1.27. The molecule has 1 aliphatic rings. The van der Waals surface area contributed by atoms with Crippen LogP contribution in [0.1, 0.15) is 44.4 Å². The molecule has 0 saturated heterocycles. The molecule has 0 amide bonds. The average Bonchev–Trinajstić information content (AvgIpc) is 2.67. The summed E-state index contributed by atoms with van der Waals surface area (Å²) in [4.78, 5) is 0. The van der Waals surface area contributed by atoms with Crippen molar-refractivity contribution in [2.24, 2.45) is 11.8 Å². The van der Waals surface area contributed by atoms with Crippen molar-refractivity contribution >= 4 is 0 Å². The van der Waals surface area contributed by atoms with Crippen molar-refractivity contribution in [1.29, 1.82) is 0 Å². The van der Waals surface area contributed by atoms with E-state index in [0.29, 0.717) is 17.9 Å². The molecular formula is C15H22FN. The fraction of sp³-hybridized carbons (Fsp3) is 0.600. The van der Waals surface area contributed by atoms with E-state index in [1.165, 1.54) is 11.1 Å². The Hall–Kier alpha value is -0.890. The van der Waals surface area contributed by atoms with Crippen molar-refractivity contribution < 1.29 is 4.39 Å². The number of hydrogen-bond acceptors (Lipinski definition) is 1. The molecule has 2 atom stereocenters. The molecule has 2 heteroatoms. The van der Waals surface area contributed by atoms with Gasteiger partial charge < -0.3 is 5.32 Å². The molecule has 2 unspecified atom stereocenters. The summed E-state index contributed by atoms with van der Waals surface area (Å²) >= 11 is 0. The molecule has 0 radical (unpaired) electrons. The summed E-state index contributed by atoms with van der Waals surface area (Å²) in [7, 11) is 0. The summed E-state index contributed by atoms with van der Waals surface area (Å²) in [6, 6.07) is 5.62. The van der Waals surface area contributed by atoms with E-state index in [-0.39, 0.29) is 5.82 Å². The molecule has 0 aromatic heterocycles. The molecule has 1 aromatic rings. The minimum atomic E-state index is -0.111. The van der Waals surface area contributed by atoms with E-state index in [1.54, 1.807) is 12.1 Å². The Bertz CT molecular complexity index is 387. The minimum Gasteiger partial charge on any atom is -0.310 e. The van der Waals surface area contributed by atoms with Gasteiger partial charge in [-0.15, -0.1) is 0 Å². The molecule has 0 fully saturated rings. The first-order valence-electron chi connectivity index (χ1n) is 6.59. The maximum Gasteiger partial charge on any atom is 0.123 e. The molecule has 94 valence electrons. The summed E-state index contributed by atoms with van der Waals surface area (Å²) in [5, 5.41) is 3.62. The number of hydrogen-bond donors (Lipinski definition) is 1.